The lowest BCUT2D eigenvalue weighted by Crippen LogP contribution is -2.48. The van der Waals surface area contributed by atoms with Crippen LogP contribution in [0.4, 0.5) is 10.2 Å². The molecule has 0 aliphatic carbocycles. The fourth-order valence-electron chi connectivity index (χ4n) is 2.66. The van der Waals surface area contributed by atoms with E-state index in [0.29, 0.717) is 17.9 Å². The lowest BCUT2D eigenvalue weighted by atomic mass is 10.1. The summed E-state index contributed by atoms with van der Waals surface area (Å²) in [5.74, 6) is -0.133. The van der Waals surface area contributed by atoms with Crippen LogP contribution in [0.3, 0.4) is 0 Å². The van der Waals surface area contributed by atoms with Crippen LogP contribution in [-0.2, 0) is 0 Å². The van der Waals surface area contributed by atoms with Gasteiger partial charge in [-0.3, -0.25) is 9.78 Å². The van der Waals surface area contributed by atoms with Crippen molar-refractivity contribution in [1.82, 2.24) is 15.3 Å². The highest BCUT2D eigenvalue weighted by atomic mass is 19.1. The molecule has 0 saturated carbocycles. The van der Waals surface area contributed by atoms with Crippen molar-refractivity contribution in [1.29, 1.82) is 0 Å². The van der Waals surface area contributed by atoms with Crippen LogP contribution in [-0.4, -0.2) is 35.0 Å². The quantitative estimate of drug-likeness (QED) is 0.942. The number of piperidine rings is 1. The monoisotopic (exact) mass is 300 g/mol. The Morgan fingerprint density at radius 1 is 1.32 bits per heavy atom. The van der Waals surface area contributed by atoms with Gasteiger partial charge < -0.3 is 10.2 Å². The second-order valence-corrected chi connectivity index (χ2v) is 5.31. The highest BCUT2D eigenvalue weighted by Crippen LogP contribution is 2.20. The van der Waals surface area contributed by atoms with Gasteiger partial charge in [-0.25, -0.2) is 9.37 Å². The average molecular weight is 300 g/mol. The first-order chi connectivity index (χ1) is 10.7. The maximum Gasteiger partial charge on any atom is 0.253 e. The summed E-state index contributed by atoms with van der Waals surface area (Å²) in [6.45, 7) is 1.30. The van der Waals surface area contributed by atoms with E-state index < -0.39 is 0 Å². The number of anilines is 1. The van der Waals surface area contributed by atoms with E-state index in [1.807, 2.05) is 4.90 Å². The number of pyridine rings is 2. The van der Waals surface area contributed by atoms with E-state index in [2.05, 4.69) is 15.3 Å². The molecule has 5 nitrogen and oxygen atoms in total. The van der Waals surface area contributed by atoms with Gasteiger partial charge in [-0.05, 0) is 37.1 Å². The fourth-order valence-corrected chi connectivity index (χ4v) is 2.66. The predicted molar refractivity (Wildman–Crippen MR) is 81.1 cm³/mol. The number of amides is 1. The SMILES string of the molecule is O=C(NC1CCCN(c2ncccc2F)C1)c1cccnc1. The second-order valence-electron chi connectivity index (χ2n) is 5.31. The lowest BCUT2D eigenvalue weighted by molar-refractivity contribution is 0.0932. The Labute approximate surface area is 128 Å². The summed E-state index contributed by atoms with van der Waals surface area (Å²) in [5.41, 5.74) is 0.531. The number of nitrogens with zero attached hydrogens (tertiary/aromatic N) is 3. The number of carbonyl (C=O) groups is 1. The van der Waals surface area contributed by atoms with Crippen LogP contribution in [0.1, 0.15) is 23.2 Å². The third kappa shape index (κ3) is 3.21. The third-order valence-corrected chi connectivity index (χ3v) is 3.72. The Hall–Kier alpha value is -2.50. The zero-order valence-corrected chi connectivity index (χ0v) is 12.1. The van der Waals surface area contributed by atoms with E-state index in [0.717, 1.165) is 19.4 Å². The first-order valence-corrected chi connectivity index (χ1v) is 7.30. The molecule has 0 radical (unpaired) electrons. The predicted octanol–water partition coefficient (Wildman–Crippen LogP) is 2.01. The van der Waals surface area contributed by atoms with Crippen molar-refractivity contribution in [3.63, 3.8) is 0 Å². The zero-order valence-electron chi connectivity index (χ0n) is 12.1. The van der Waals surface area contributed by atoms with Gasteiger partial charge in [-0.15, -0.1) is 0 Å². The molecule has 2 aromatic rings. The minimum Gasteiger partial charge on any atom is -0.352 e. The maximum atomic E-state index is 13.8. The molecular weight excluding hydrogens is 283 g/mol. The van der Waals surface area contributed by atoms with Crippen LogP contribution >= 0.6 is 0 Å². The van der Waals surface area contributed by atoms with Crippen molar-refractivity contribution >= 4 is 11.7 Å². The number of rotatable bonds is 3. The fraction of sp³-hybridized carbons (Fsp3) is 0.312. The summed E-state index contributed by atoms with van der Waals surface area (Å²) in [5, 5.41) is 2.98. The minimum atomic E-state index is -0.332. The molecule has 0 spiro atoms. The van der Waals surface area contributed by atoms with Crippen molar-refractivity contribution in [2.45, 2.75) is 18.9 Å². The molecule has 1 aliphatic heterocycles. The summed E-state index contributed by atoms with van der Waals surface area (Å²) in [6.07, 6.45) is 6.50. The number of nitrogens with one attached hydrogen (secondary N) is 1. The Balaban J connectivity index is 1.66. The molecule has 3 rings (SSSR count). The Kier molecular flexibility index (Phi) is 4.27. The van der Waals surface area contributed by atoms with E-state index in [-0.39, 0.29) is 17.8 Å². The van der Waals surface area contributed by atoms with Gasteiger partial charge in [0.05, 0.1) is 5.56 Å². The van der Waals surface area contributed by atoms with Crippen LogP contribution < -0.4 is 10.2 Å². The van der Waals surface area contributed by atoms with E-state index in [1.54, 1.807) is 30.6 Å². The third-order valence-electron chi connectivity index (χ3n) is 3.72. The summed E-state index contributed by atoms with van der Waals surface area (Å²) in [6, 6.07) is 6.40. The number of hydrogen-bond acceptors (Lipinski definition) is 4. The number of aromatic nitrogens is 2. The highest BCUT2D eigenvalue weighted by molar-refractivity contribution is 5.94. The largest absolute Gasteiger partial charge is 0.352 e. The summed E-state index contributed by atoms with van der Waals surface area (Å²) in [4.78, 5) is 22.1. The summed E-state index contributed by atoms with van der Waals surface area (Å²) >= 11 is 0. The minimum absolute atomic E-state index is 0.0251. The van der Waals surface area contributed by atoms with Gasteiger partial charge in [0, 0.05) is 37.7 Å². The summed E-state index contributed by atoms with van der Waals surface area (Å²) in [7, 11) is 0. The molecule has 0 bridgehead atoms. The molecule has 1 amide bonds. The molecule has 1 atom stereocenters. The molecule has 1 unspecified atom stereocenters. The molecule has 3 heterocycles. The van der Waals surface area contributed by atoms with Gasteiger partial charge in [0.2, 0.25) is 0 Å². The van der Waals surface area contributed by atoms with E-state index >= 15 is 0 Å². The van der Waals surface area contributed by atoms with E-state index in [4.69, 9.17) is 0 Å². The van der Waals surface area contributed by atoms with Crippen molar-refractivity contribution in [3.8, 4) is 0 Å². The molecule has 2 aromatic heterocycles. The van der Waals surface area contributed by atoms with Crippen molar-refractivity contribution in [2.24, 2.45) is 0 Å². The molecule has 1 aliphatic rings. The standard InChI is InChI=1S/C16H17FN4O/c17-14-6-2-8-19-15(14)21-9-3-5-13(11-21)20-16(22)12-4-1-7-18-10-12/h1-2,4,6-8,10,13H,3,5,9,11H2,(H,20,22). The molecule has 6 heteroatoms. The average Bonchev–Trinajstić information content (AvgIpc) is 2.56. The number of carbonyl (C=O) groups excluding carboxylic acids is 1. The van der Waals surface area contributed by atoms with Gasteiger partial charge in [-0.2, -0.15) is 0 Å². The molecular formula is C16H17FN4O. The summed E-state index contributed by atoms with van der Waals surface area (Å²) < 4.78 is 13.8. The normalized spacial score (nSPS) is 18.0. The van der Waals surface area contributed by atoms with Crippen molar-refractivity contribution in [2.75, 3.05) is 18.0 Å². The Morgan fingerprint density at radius 2 is 2.18 bits per heavy atom. The molecule has 114 valence electrons. The Bertz CT molecular complexity index is 650. The maximum absolute atomic E-state index is 13.8. The Morgan fingerprint density at radius 3 is 2.95 bits per heavy atom. The van der Waals surface area contributed by atoms with Crippen molar-refractivity contribution < 1.29 is 9.18 Å². The van der Waals surface area contributed by atoms with Crippen molar-refractivity contribution in [3.05, 3.63) is 54.2 Å². The first-order valence-electron chi connectivity index (χ1n) is 7.30. The molecule has 0 aromatic carbocycles. The van der Waals surface area contributed by atoms with E-state index in [9.17, 15) is 9.18 Å². The smallest absolute Gasteiger partial charge is 0.253 e. The lowest BCUT2D eigenvalue weighted by Gasteiger charge is -2.34. The highest BCUT2D eigenvalue weighted by Gasteiger charge is 2.24. The van der Waals surface area contributed by atoms with Gasteiger partial charge in [0.1, 0.15) is 0 Å². The molecule has 1 fully saturated rings. The number of halogens is 1. The van der Waals surface area contributed by atoms with Crippen LogP contribution in [0.2, 0.25) is 0 Å². The number of hydrogen-bond donors (Lipinski definition) is 1. The van der Waals surface area contributed by atoms with Gasteiger partial charge >= 0.3 is 0 Å². The molecule has 22 heavy (non-hydrogen) atoms. The second kappa shape index (κ2) is 6.51. The first kappa shape index (κ1) is 14.4. The van der Waals surface area contributed by atoms with Crippen LogP contribution in [0.25, 0.3) is 0 Å². The molecule has 1 saturated heterocycles. The zero-order chi connectivity index (χ0) is 15.4. The molecule has 1 N–H and O–H groups in total. The topological polar surface area (TPSA) is 58.1 Å². The van der Waals surface area contributed by atoms with Gasteiger partial charge in [-0.1, -0.05) is 0 Å². The van der Waals surface area contributed by atoms with Gasteiger partial charge in [0.25, 0.3) is 5.91 Å². The van der Waals surface area contributed by atoms with Gasteiger partial charge in [0.15, 0.2) is 11.6 Å². The van der Waals surface area contributed by atoms with Crippen LogP contribution in [0, 0.1) is 5.82 Å². The van der Waals surface area contributed by atoms with Crippen LogP contribution in [0.5, 0.6) is 0 Å². The van der Waals surface area contributed by atoms with E-state index in [1.165, 1.54) is 12.3 Å². The van der Waals surface area contributed by atoms with Crippen LogP contribution in [0.15, 0.2) is 42.9 Å².